The van der Waals surface area contributed by atoms with Crippen molar-refractivity contribution in [3.05, 3.63) is 0 Å². The molecule has 0 spiro atoms. The lowest BCUT2D eigenvalue weighted by atomic mass is 9.85. The summed E-state index contributed by atoms with van der Waals surface area (Å²) in [6.07, 6.45) is 0.580. The number of amides is 5. The molecule has 0 aromatic carbocycles. The third-order valence-electron chi connectivity index (χ3n) is 6.24. The van der Waals surface area contributed by atoms with Crippen molar-refractivity contribution in [2.45, 2.75) is 111 Å². The Balaban J connectivity index is 0.000000697. The van der Waals surface area contributed by atoms with Gasteiger partial charge in [0.05, 0.1) is 18.1 Å². The van der Waals surface area contributed by atoms with Gasteiger partial charge in [-0.3, -0.25) is 9.59 Å². The van der Waals surface area contributed by atoms with Gasteiger partial charge in [-0.05, 0) is 66.8 Å². The Hall–Kier alpha value is -2.56. The molecule has 5 N–H and O–H groups in total. The molecule has 4 atom stereocenters. The number of urea groups is 1. The summed E-state index contributed by atoms with van der Waals surface area (Å²) in [5.41, 5.74) is -0.739. The first-order valence-electron chi connectivity index (χ1n) is 12.8. The summed E-state index contributed by atoms with van der Waals surface area (Å²) in [6, 6.07) is -0.872. The molecule has 0 aromatic rings. The van der Waals surface area contributed by atoms with Crippen molar-refractivity contribution in [2.75, 3.05) is 20.1 Å². The first-order chi connectivity index (χ1) is 16.4. The largest absolute Gasteiger partial charge is 0.465 e. The summed E-state index contributed by atoms with van der Waals surface area (Å²) in [6.45, 7) is 18.2. The van der Waals surface area contributed by atoms with Gasteiger partial charge in [0.15, 0.2) is 0 Å². The molecule has 2 aliphatic heterocycles. The summed E-state index contributed by atoms with van der Waals surface area (Å²) in [7, 11) is 1.72. The smallest absolute Gasteiger partial charge is 0.405 e. The van der Waals surface area contributed by atoms with Gasteiger partial charge in [0.25, 0.3) is 0 Å². The van der Waals surface area contributed by atoms with Crippen molar-refractivity contribution in [2.24, 2.45) is 5.41 Å². The van der Waals surface area contributed by atoms with Gasteiger partial charge in [-0.25, -0.2) is 9.59 Å². The van der Waals surface area contributed by atoms with Crippen LogP contribution >= 0.6 is 0 Å². The van der Waals surface area contributed by atoms with E-state index in [2.05, 4.69) is 21.3 Å². The average Bonchev–Trinajstić information content (AvgIpc) is 3.29. The minimum atomic E-state index is -0.975. The summed E-state index contributed by atoms with van der Waals surface area (Å²) < 4.78 is 0. The van der Waals surface area contributed by atoms with Gasteiger partial charge in [-0.2, -0.15) is 0 Å². The second kappa shape index (κ2) is 12.6. The topological polar surface area (TPSA) is 143 Å². The second-order valence-corrected chi connectivity index (χ2v) is 12.0. The van der Waals surface area contributed by atoms with E-state index in [1.165, 1.54) is 0 Å². The Morgan fingerprint density at radius 2 is 1.36 bits per heavy atom. The van der Waals surface area contributed by atoms with Crippen molar-refractivity contribution in [3.8, 4) is 0 Å². The van der Waals surface area contributed by atoms with Crippen molar-refractivity contribution >= 4 is 23.9 Å². The van der Waals surface area contributed by atoms with E-state index in [-0.39, 0.29) is 47.6 Å². The van der Waals surface area contributed by atoms with Gasteiger partial charge < -0.3 is 36.2 Å². The minimum Gasteiger partial charge on any atom is -0.465 e. The molecule has 1 unspecified atom stereocenters. The molecule has 2 aliphatic rings. The number of nitrogens with one attached hydrogen (secondary N) is 4. The maximum absolute atomic E-state index is 13.4. The SMILES string of the molecule is CC(C)(C)NC(=O)O.CN[C@@H](C)C(=O)NC(C(=O)N1CC[C@@H]2[C@H]1CCN2C(=O)NC(C)C)C(C)(C)C. The predicted molar refractivity (Wildman–Crippen MR) is 140 cm³/mol. The molecule has 2 fully saturated rings. The molecule has 0 bridgehead atoms. The van der Waals surface area contributed by atoms with Crippen molar-refractivity contribution in [1.29, 1.82) is 0 Å². The van der Waals surface area contributed by atoms with Crippen LogP contribution in [0.5, 0.6) is 0 Å². The van der Waals surface area contributed by atoms with Crippen LogP contribution in [0.25, 0.3) is 0 Å². The number of carboxylic acid groups (broad SMARTS) is 1. The fourth-order valence-electron chi connectivity index (χ4n) is 4.38. The van der Waals surface area contributed by atoms with Crippen LogP contribution in [0.15, 0.2) is 0 Å². The number of hydrogen-bond donors (Lipinski definition) is 5. The first kappa shape index (κ1) is 31.5. The van der Waals surface area contributed by atoms with Crippen LogP contribution in [0.4, 0.5) is 9.59 Å². The predicted octanol–water partition coefficient (Wildman–Crippen LogP) is 1.97. The fourth-order valence-corrected chi connectivity index (χ4v) is 4.38. The Labute approximate surface area is 216 Å². The highest BCUT2D eigenvalue weighted by Crippen LogP contribution is 2.34. The number of likely N-dealkylation sites (tertiary alicyclic amines) is 2. The fraction of sp³-hybridized carbons (Fsp3) is 0.840. The average molecular weight is 513 g/mol. The summed E-state index contributed by atoms with van der Waals surface area (Å²) >= 11 is 0. The molecule has 208 valence electrons. The van der Waals surface area contributed by atoms with Crippen LogP contribution in [0.1, 0.15) is 75.2 Å². The van der Waals surface area contributed by atoms with Gasteiger partial charge in [-0.15, -0.1) is 0 Å². The Bertz CT molecular complexity index is 789. The number of fused-ring (bicyclic) bond motifs is 1. The zero-order valence-corrected chi connectivity index (χ0v) is 23.7. The molecule has 5 amide bonds. The molecule has 0 radical (unpaired) electrons. The van der Waals surface area contributed by atoms with Crippen LogP contribution in [0, 0.1) is 5.41 Å². The number of carbonyl (C=O) groups is 4. The number of hydrogen-bond acceptors (Lipinski definition) is 5. The molecule has 11 heteroatoms. The molecule has 11 nitrogen and oxygen atoms in total. The third-order valence-corrected chi connectivity index (χ3v) is 6.24. The molecule has 36 heavy (non-hydrogen) atoms. The van der Waals surface area contributed by atoms with Crippen molar-refractivity contribution in [1.82, 2.24) is 31.1 Å². The molecule has 0 aromatic heterocycles. The summed E-state index contributed by atoms with van der Waals surface area (Å²) in [4.78, 5) is 51.9. The number of rotatable bonds is 5. The standard InChI is InChI=1S/C20H37N5O3.C5H11NO2/c1-12(2)22-19(28)25-11-9-14-15(25)8-10-24(14)18(27)16(20(4,5)6)23-17(26)13(3)21-7;1-5(2,3)6-4(7)8/h12-16,21H,8-11H2,1-7H3,(H,22,28)(H,23,26);6H,1-3H3,(H,7,8)/t13-,14+,15+,16?;/m0./s1. The zero-order chi connectivity index (χ0) is 28.0. The van der Waals surface area contributed by atoms with Gasteiger partial charge in [0.1, 0.15) is 6.04 Å². The van der Waals surface area contributed by atoms with E-state index in [1.54, 1.807) is 34.7 Å². The lowest BCUT2D eigenvalue weighted by Crippen LogP contribution is -2.58. The van der Waals surface area contributed by atoms with Gasteiger partial charge >= 0.3 is 12.1 Å². The molecule has 0 saturated carbocycles. The highest BCUT2D eigenvalue weighted by molar-refractivity contribution is 5.90. The van der Waals surface area contributed by atoms with E-state index in [4.69, 9.17) is 5.11 Å². The van der Waals surface area contributed by atoms with Gasteiger partial charge in [0, 0.05) is 24.7 Å². The van der Waals surface area contributed by atoms with Crippen molar-refractivity contribution < 1.29 is 24.3 Å². The van der Waals surface area contributed by atoms with Gasteiger partial charge in [0.2, 0.25) is 11.8 Å². The van der Waals surface area contributed by atoms with E-state index in [9.17, 15) is 19.2 Å². The van der Waals surface area contributed by atoms with Crippen LogP contribution in [0.2, 0.25) is 0 Å². The van der Waals surface area contributed by atoms with Crippen molar-refractivity contribution in [3.63, 3.8) is 0 Å². The molecule has 2 rings (SSSR count). The molecular formula is C25H48N6O5. The number of likely N-dealkylation sites (N-methyl/N-ethyl adjacent to an activating group) is 1. The van der Waals surface area contributed by atoms with Crippen LogP contribution in [-0.4, -0.2) is 94.7 Å². The van der Waals surface area contributed by atoms with Crippen LogP contribution in [-0.2, 0) is 9.59 Å². The lowest BCUT2D eigenvalue weighted by molar-refractivity contribution is -0.140. The Morgan fingerprint density at radius 3 is 1.75 bits per heavy atom. The lowest BCUT2D eigenvalue weighted by Gasteiger charge is -2.36. The van der Waals surface area contributed by atoms with E-state index in [0.717, 1.165) is 12.8 Å². The quantitative estimate of drug-likeness (QED) is 0.381. The van der Waals surface area contributed by atoms with E-state index in [0.29, 0.717) is 13.1 Å². The van der Waals surface area contributed by atoms with E-state index < -0.39 is 17.6 Å². The maximum atomic E-state index is 13.4. The van der Waals surface area contributed by atoms with Gasteiger partial charge in [-0.1, -0.05) is 20.8 Å². The number of carbonyl (C=O) groups excluding carboxylic acids is 3. The Morgan fingerprint density at radius 1 is 0.861 bits per heavy atom. The first-order valence-corrected chi connectivity index (χ1v) is 12.8. The van der Waals surface area contributed by atoms with E-state index >= 15 is 0 Å². The highest BCUT2D eigenvalue weighted by atomic mass is 16.4. The van der Waals surface area contributed by atoms with E-state index in [1.807, 2.05) is 44.4 Å². The van der Waals surface area contributed by atoms with Crippen LogP contribution < -0.4 is 21.3 Å². The summed E-state index contributed by atoms with van der Waals surface area (Å²) in [5.74, 6) is -0.237. The molecule has 2 heterocycles. The highest BCUT2D eigenvalue weighted by Gasteiger charge is 2.49. The molecule has 0 aliphatic carbocycles. The second-order valence-electron chi connectivity index (χ2n) is 12.0. The zero-order valence-electron chi connectivity index (χ0n) is 23.7. The monoisotopic (exact) mass is 512 g/mol. The van der Waals surface area contributed by atoms with Crippen LogP contribution in [0.3, 0.4) is 0 Å². The number of nitrogens with zero attached hydrogens (tertiary/aromatic N) is 2. The maximum Gasteiger partial charge on any atom is 0.405 e. The Kier molecular flexibility index (Phi) is 11.0. The third kappa shape index (κ3) is 9.15. The normalized spacial score (nSPS) is 21.2. The minimum absolute atomic E-state index is 0.0221. The summed E-state index contributed by atoms with van der Waals surface area (Å²) in [5, 5.41) is 19.2. The molecular weight excluding hydrogens is 464 g/mol. The molecule has 2 saturated heterocycles.